The summed E-state index contributed by atoms with van der Waals surface area (Å²) < 4.78 is 10.3. The van der Waals surface area contributed by atoms with E-state index in [-0.39, 0.29) is 0 Å². The number of rotatable bonds is 0. The number of amides is 1. The van der Waals surface area contributed by atoms with Gasteiger partial charge in [-0.2, -0.15) is 9.74 Å². The van der Waals surface area contributed by atoms with Crippen LogP contribution in [0.15, 0.2) is 0 Å². The molecule has 6 heteroatoms. The molecule has 7 heavy (non-hydrogen) atoms. The van der Waals surface area contributed by atoms with Crippen LogP contribution < -0.4 is 0 Å². The maximum absolute atomic E-state index is 10.3. The fourth-order valence-corrected chi connectivity index (χ4v) is 0.0282. The summed E-state index contributed by atoms with van der Waals surface area (Å²) in [4.78, 5) is 18.9. The number of nitro groups is 1. The molecule has 0 saturated heterocycles. The number of carbonyl (C=O) groups is 1. The van der Waals surface area contributed by atoms with Crippen molar-refractivity contribution in [3.05, 3.63) is 10.1 Å². The third-order valence-electron chi connectivity index (χ3n) is 0.215. The fraction of sp³-hybridized carbons (Fsp3) is 0. The molecule has 0 rings (SSSR count). The van der Waals surface area contributed by atoms with E-state index in [9.17, 15) is 9.32 Å². The average molecular weight is 109 g/mol. The van der Waals surface area contributed by atoms with Crippen molar-refractivity contribution < 1.29 is 19.2 Å². The normalized spacial score (nSPS) is 7.57. The van der Waals surface area contributed by atoms with Crippen LogP contribution in [0.25, 0.3) is 0 Å². The van der Waals surface area contributed by atoms with E-state index in [1.54, 1.807) is 0 Å². The number of hydrogen-bond donors (Lipinski definition) is 0. The first kappa shape index (κ1) is 5.80. The van der Waals surface area contributed by atoms with Crippen LogP contribution in [0.4, 0.5) is 9.32 Å². The van der Waals surface area contributed by atoms with Crippen molar-refractivity contribution in [1.82, 2.24) is 0 Å². The van der Waals surface area contributed by atoms with Gasteiger partial charge >= 0.3 is 6.09 Å². The minimum atomic E-state index is -2.10. The molecule has 0 unspecified atom stereocenters. The van der Waals surface area contributed by atoms with Crippen molar-refractivity contribution in [3.8, 4) is 0 Å². The van der Waals surface area contributed by atoms with E-state index in [4.69, 9.17) is 10.1 Å². The third kappa shape index (κ3) is 1.63. The highest BCUT2D eigenvalue weighted by molar-refractivity contribution is 5.56. The average Bonchev–Trinajstić information content (AvgIpc) is 1.65. The van der Waals surface area contributed by atoms with Gasteiger partial charge in [0.05, 0.1) is 0 Å². The van der Waals surface area contributed by atoms with Gasteiger partial charge in [0.15, 0.2) is 0 Å². The summed E-state index contributed by atoms with van der Waals surface area (Å²) in [6.45, 7) is 0. The van der Waals surface area contributed by atoms with Crippen LogP contribution in [0.3, 0.4) is 0 Å². The number of hydrogen-bond acceptors (Lipinski definition) is 4. The molecule has 0 aliphatic rings. The molecule has 0 saturated carbocycles. The van der Waals surface area contributed by atoms with Crippen molar-refractivity contribution in [1.29, 1.82) is 0 Å². The highest BCUT2D eigenvalue weighted by Gasteiger charge is 2.16. The van der Waals surface area contributed by atoms with Crippen LogP contribution in [0, 0.1) is 10.1 Å². The van der Waals surface area contributed by atoms with E-state index < -0.39 is 11.0 Å². The lowest BCUT2D eigenvalue weighted by Crippen LogP contribution is -2.07. The van der Waals surface area contributed by atoms with E-state index in [2.05, 4.69) is 4.94 Å². The molecule has 0 aliphatic carbocycles. The Hall–Kier alpha value is -1.20. The Kier molecular flexibility index (Phi) is 1.71. The van der Waals surface area contributed by atoms with Crippen LogP contribution in [0.2, 0.25) is 0 Å². The zero-order valence-corrected chi connectivity index (χ0v) is 2.96. The Balaban J connectivity index is 3.58. The summed E-state index contributed by atoms with van der Waals surface area (Å²) in [6, 6.07) is 0. The molecule has 0 bridgehead atoms. The molecule has 0 atom stereocenters. The SMILES string of the molecule is O=C(OF)[N+](=O)[O-]. The molecule has 1 amide bonds. The van der Waals surface area contributed by atoms with E-state index in [1.165, 1.54) is 0 Å². The summed E-state index contributed by atoms with van der Waals surface area (Å²) in [5.74, 6) is 0. The minimum Gasteiger partial charge on any atom is -0.253 e. The summed E-state index contributed by atoms with van der Waals surface area (Å²) in [7, 11) is 0. The second-order valence-electron chi connectivity index (χ2n) is 0.600. The van der Waals surface area contributed by atoms with Crippen LogP contribution in [0.5, 0.6) is 0 Å². The molecule has 0 aliphatic heterocycles. The molecule has 0 aromatic rings. The lowest BCUT2D eigenvalue weighted by atomic mass is 11.3. The van der Waals surface area contributed by atoms with Crippen molar-refractivity contribution >= 4 is 6.09 Å². The zero-order valence-electron chi connectivity index (χ0n) is 2.96. The van der Waals surface area contributed by atoms with Gasteiger partial charge in [0.1, 0.15) is 4.92 Å². The summed E-state index contributed by atoms with van der Waals surface area (Å²) >= 11 is 0. The van der Waals surface area contributed by atoms with E-state index in [1.807, 2.05) is 0 Å². The van der Waals surface area contributed by atoms with E-state index in [0.29, 0.717) is 0 Å². The quantitative estimate of drug-likeness (QED) is 0.331. The lowest BCUT2D eigenvalue weighted by molar-refractivity contribution is -0.413. The van der Waals surface area contributed by atoms with Gasteiger partial charge in [0.25, 0.3) is 0 Å². The number of carbonyl (C=O) groups excluding carboxylic acids is 1. The lowest BCUT2D eigenvalue weighted by Gasteiger charge is -1.75. The first-order valence-electron chi connectivity index (χ1n) is 1.15. The fourth-order valence-electron chi connectivity index (χ4n) is 0.0282. The second kappa shape index (κ2) is 2.06. The van der Waals surface area contributed by atoms with Gasteiger partial charge in [-0.05, 0) is 0 Å². The smallest absolute Gasteiger partial charge is 0.253 e. The number of nitrogens with zero attached hydrogens (tertiary/aromatic N) is 1. The van der Waals surface area contributed by atoms with Crippen LogP contribution >= 0.6 is 0 Å². The monoisotopic (exact) mass is 109 g/mol. The summed E-state index contributed by atoms with van der Waals surface area (Å²) in [5, 5.41) is 9.02. The Morgan fingerprint density at radius 3 is 2.29 bits per heavy atom. The Morgan fingerprint density at radius 2 is 2.29 bits per heavy atom. The van der Waals surface area contributed by atoms with Gasteiger partial charge in [0.2, 0.25) is 0 Å². The molecular weight excluding hydrogens is 109 g/mol. The first-order chi connectivity index (χ1) is 3.18. The van der Waals surface area contributed by atoms with Crippen LogP contribution in [-0.4, -0.2) is 11.0 Å². The zero-order chi connectivity index (χ0) is 5.86. The summed E-state index contributed by atoms with van der Waals surface area (Å²) in [5.41, 5.74) is 0. The molecule has 0 heterocycles. The maximum Gasteiger partial charge on any atom is 0.693 e. The van der Waals surface area contributed by atoms with Crippen molar-refractivity contribution in [3.63, 3.8) is 0 Å². The highest BCUT2D eigenvalue weighted by atomic mass is 19.3. The predicted molar refractivity (Wildman–Crippen MR) is 14.6 cm³/mol. The molecule has 0 N–H and O–H groups in total. The Bertz CT molecular complexity index is 99.9. The predicted octanol–water partition coefficient (Wildman–Crippen LogP) is 0.284. The van der Waals surface area contributed by atoms with E-state index >= 15 is 0 Å². The van der Waals surface area contributed by atoms with Gasteiger partial charge in [-0.15, -0.1) is 0 Å². The maximum atomic E-state index is 10.3. The van der Waals surface area contributed by atoms with Crippen molar-refractivity contribution in [2.75, 3.05) is 0 Å². The number of halogens is 1. The molecule has 0 spiro atoms. The minimum absolute atomic E-state index is 1.51. The van der Waals surface area contributed by atoms with Gasteiger partial charge in [-0.1, -0.05) is 0 Å². The molecule has 40 valence electrons. The molecule has 0 aromatic carbocycles. The van der Waals surface area contributed by atoms with E-state index in [0.717, 1.165) is 0 Å². The Labute approximate surface area is 36.7 Å². The molecule has 0 radical (unpaired) electrons. The molecule has 5 nitrogen and oxygen atoms in total. The highest BCUT2D eigenvalue weighted by Crippen LogP contribution is 1.79. The van der Waals surface area contributed by atoms with Gasteiger partial charge in [-0.25, -0.2) is 0 Å². The van der Waals surface area contributed by atoms with Gasteiger partial charge in [0, 0.05) is 4.53 Å². The third-order valence-corrected chi connectivity index (χ3v) is 0.215. The Morgan fingerprint density at radius 1 is 1.86 bits per heavy atom. The first-order valence-corrected chi connectivity index (χ1v) is 1.15. The molecule has 0 aromatic heterocycles. The van der Waals surface area contributed by atoms with Gasteiger partial charge < -0.3 is 0 Å². The van der Waals surface area contributed by atoms with Crippen LogP contribution in [0.1, 0.15) is 0 Å². The topological polar surface area (TPSA) is 69.4 Å². The largest absolute Gasteiger partial charge is 0.693 e. The van der Waals surface area contributed by atoms with Gasteiger partial charge in [-0.3, -0.25) is 10.1 Å². The van der Waals surface area contributed by atoms with Crippen molar-refractivity contribution in [2.24, 2.45) is 0 Å². The molecular formula is CFNO4. The van der Waals surface area contributed by atoms with Crippen molar-refractivity contribution in [2.45, 2.75) is 0 Å². The summed E-state index contributed by atoms with van der Waals surface area (Å²) in [6.07, 6.45) is -2.10. The van der Waals surface area contributed by atoms with Crippen LogP contribution in [-0.2, 0) is 4.94 Å². The standard InChI is InChI=1S/CFNO4/c2-7-1(4)3(5)6. The second-order valence-corrected chi connectivity index (χ2v) is 0.600. The molecule has 0 fully saturated rings.